The van der Waals surface area contributed by atoms with E-state index in [0.29, 0.717) is 0 Å². The van der Waals surface area contributed by atoms with E-state index in [1.54, 1.807) is 0 Å². The molecule has 0 atom stereocenters. The zero-order valence-corrected chi connectivity index (χ0v) is 27.9. The number of fused-ring (bicyclic) bond motifs is 16. The molecule has 0 N–H and O–H groups in total. The summed E-state index contributed by atoms with van der Waals surface area (Å²) in [6.07, 6.45) is 7.22. The van der Waals surface area contributed by atoms with Gasteiger partial charge in [0, 0.05) is 16.3 Å². The summed E-state index contributed by atoms with van der Waals surface area (Å²) in [7, 11) is 0. The van der Waals surface area contributed by atoms with Crippen LogP contribution in [0.1, 0.15) is 57.3 Å². The van der Waals surface area contributed by atoms with E-state index < -0.39 is 5.41 Å². The molecular formula is C49H34O. The Morgan fingerprint density at radius 2 is 1.02 bits per heavy atom. The van der Waals surface area contributed by atoms with Crippen molar-refractivity contribution < 1.29 is 4.42 Å². The molecule has 50 heavy (non-hydrogen) atoms. The molecule has 0 saturated heterocycles. The van der Waals surface area contributed by atoms with Crippen molar-refractivity contribution in [3.63, 3.8) is 0 Å². The van der Waals surface area contributed by atoms with Gasteiger partial charge in [0.05, 0.1) is 5.41 Å². The third kappa shape index (κ3) is 3.38. The SMILES string of the molecule is c1ccc2c(c1)-c1ccccc1C21c2cc(-c3ccc4c(c3)CCC4)ccc2-c2c1cc(-c1ccc3c(c1)CCC3)c1c2oc2ccccc21. The second kappa shape index (κ2) is 9.73. The lowest BCUT2D eigenvalue weighted by atomic mass is 9.69. The van der Waals surface area contributed by atoms with Crippen molar-refractivity contribution in [1.82, 2.24) is 0 Å². The van der Waals surface area contributed by atoms with Gasteiger partial charge in [-0.15, -0.1) is 0 Å². The van der Waals surface area contributed by atoms with Crippen molar-refractivity contribution >= 4 is 21.9 Å². The highest BCUT2D eigenvalue weighted by molar-refractivity contribution is 6.19. The molecule has 0 aliphatic heterocycles. The van der Waals surface area contributed by atoms with E-state index in [1.165, 1.54) is 132 Å². The number of benzene rings is 7. The maximum atomic E-state index is 7.05. The molecule has 4 aliphatic carbocycles. The molecule has 0 radical (unpaired) electrons. The van der Waals surface area contributed by atoms with E-state index in [1.807, 2.05) is 0 Å². The van der Waals surface area contributed by atoms with E-state index in [4.69, 9.17) is 4.42 Å². The number of hydrogen-bond donors (Lipinski definition) is 0. The molecule has 1 nitrogen and oxygen atoms in total. The van der Waals surface area contributed by atoms with Crippen LogP contribution < -0.4 is 0 Å². The van der Waals surface area contributed by atoms with Crippen molar-refractivity contribution in [2.24, 2.45) is 0 Å². The standard InChI is InChI=1S/C49H34O/c1-4-16-41-36(13-1)37-14-2-5-17-42(37)49(41)43-27-34(33-21-19-29-9-7-11-31(29)25-33)23-24-38(43)47-44(49)28-40(35-22-20-30-10-8-12-32(30)26-35)46-39-15-3-6-18-45(39)50-48(46)47/h1-6,13-28H,7-12H2. The van der Waals surface area contributed by atoms with Crippen LogP contribution in [0, 0.1) is 0 Å². The smallest absolute Gasteiger partial charge is 0.144 e. The van der Waals surface area contributed by atoms with E-state index in [9.17, 15) is 0 Å². The summed E-state index contributed by atoms with van der Waals surface area (Å²) >= 11 is 0. The molecule has 7 aromatic carbocycles. The van der Waals surface area contributed by atoms with Crippen LogP contribution in [0.2, 0.25) is 0 Å². The lowest BCUT2D eigenvalue weighted by Gasteiger charge is -2.31. The monoisotopic (exact) mass is 638 g/mol. The molecule has 0 fully saturated rings. The van der Waals surface area contributed by atoms with E-state index >= 15 is 0 Å². The predicted molar refractivity (Wildman–Crippen MR) is 205 cm³/mol. The van der Waals surface area contributed by atoms with Crippen LogP contribution >= 0.6 is 0 Å². The zero-order valence-electron chi connectivity index (χ0n) is 27.9. The van der Waals surface area contributed by atoms with Gasteiger partial charge in [0.1, 0.15) is 11.2 Å². The first-order valence-corrected chi connectivity index (χ1v) is 18.3. The molecule has 0 bridgehead atoms. The average Bonchev–Trinajstić information content (AvgIpc) is 4.00. The molecule has 1 heterocycles. The lowest BCUT2D eigenvalue weighted by Crippen LogP contribution is -2.26. The third-order valence-corrected chi connectivity index (χ3v) is 12.5. The highest BCUT2D eigenvalue weighted by atomic mass is 16.3. The Labute approximate surface area is 291 Å². The Hall–Kier alpha value is -5.66. The Morgan fingerprint density at radius 1 is 0.420 bits per heavy atom. The van der Waals surface area contributed by atoms with Gasteiger partial charge in [0.15, 0.2) is 0 Å². The molecule has 0 saturated carbocycles. The molecular weight excluding hydrogens is 605 g/mol. The van der Waals surface area contributed by atoms with Gasteiger partial charge < -0.3 is 4.42 Å². The molecule has 0 unspecified atom stereocenters. The van der Waals surface area contributed by atoms with Gasteiger partial charge in [0.2, 0.25) is 0 Å². The highest BCUT2D eigenvalue weighted by Crippen LogP contribution is 2.65. The second-order valence-electron chi connectivity index (χ2n) is 14.9. The molecule has 1 heteroatoms. The first-order chi connectivity index (χ1) is 24.8. The molecule has 0 amide bonds. The van der Waals surface area contributed by atoms with Gasteiger partial charge in [-0.2, -0.15) is 0 Å². The minimum absolute atomic E-state index is 0.469. The van der Waals surface area contributed by atoms with Gasteiger partial charge in [0.25, 0.3) is 0 Å². The van der Waals surface area contributed by atoms with Crippen LogP contribution in [0.5, 0.6) is 0 Å². The molecule has 4 aliphatic rings. The Balaban J connectivity index is 1.24. The summed E-state index contributed by atoms with van der Waals surface area (Å²) in [5.74, 6) is 0. The summed E-state index contributed by atoms with van der Waals surface area (Å²) in [5, 5.41) is 2.41. The van der Waals surface area contributed by atoms with Gasteiger partial charge in [-0.3, -0.25) is 0 Å². The molecule has 8 aromatic rings. The lowest BCUT2D eigenvalue weighted by molar-refractivity contribution is 0.669. The van der Waals surface area contributed by atoms with Crippen molar-refractivity contribution in [2.75, 3.05) is 0 Å². The quantitative estimate of drug-likeness (QED) is 0.184. The summed E-state index contributed by atoms with van der Waals surface area (Å²) < 4.78 is 7.05. The van der Waals surface area contributed by atoms with Crippen LogP contribution in [-0.4, -0.2) is 0 Å². The van der Waals surface area contributed by atoms with Crippen molar-refractivity contribution in [3.05, 3.63) is 178 Å². The number of para-hydroxylation sites is 1. The van der Waals surface area contributed by atoms with Crippen LogP contribution in [0.15, 0.2) is 138 Å². The first kappa shape index (κ1) is 27.2. The van der Waals surface area contributed by atoms with Crippen molar-refractivity contribution in [3.8, 4) is 44.5 Å². The fourth-order valence-corrected chi connectivity index (χ4v) is 10.4. The number of rotatable bonds is 2. The highest BCUT2D eigenvalue weighted by Gasteiger charge is 2.53. The van der Waals surface area contributed by atoms with Crippen LogP contribution in [0.4, 0.5) is 0 Å². The molecule has 236 valence electrons. The summed E-state index contributed by atoms with van der Waals surface area (Å²) in [6.45, 7) is 0. The first-order valence-electron chi connectivity index (χ1n) is 18.3. The van der Waals surface area contributed by atoms with Crippen molar-refractivity contribution in [1.29, 1.82) is 0 Å². The van der Waals surface area contributed by atoms with E-state index in [2.05, 4.69) is 133 Å². The topological polar surface area (TPSA) is 13.1 Å². The van der Waals surface area contributed by atoms with E-state index in [-0.39, 0.29) is 0 Å². The Morgan fingerprint density at radius 3 is 1.78 bits per heavy atom. The fraction of sp³-hybridized carbons (Fsp3) is 0.143. The molecule has 12 rings (SSSR count). The summed E-state index contributed by atoms with van der Waals surface area (Å²) in [4.78, 5) is 0. The minimum Gasteiger partial charge on any atom is -0.455 e. The van der Waals surface area contributed by atoms with E-state index in [0.717, 1.165) is 17.6 Å². The molecule has 1 spiro atoms. The Kier molecular flexibility index (Phi) is 5.29. The maximum absolute atomic E-state index is 7.05. The second-order valence-corrected chi connectivity index (χ2v) is 14.9. The van der Waals surface area contributed by atoms with Crippen LogP contribution in [0.3, 0.4) is 0 Å². The number of hydrogen-bond acceptors (Lipinski definition) is 1. The van der Waals surface area contributed by atoms with Crippen LogP contribution in [-0.2, 0) is 31.1 Å². The zero-order chi connectivity index (χ0) is 32.6. The summed E-state index contributed by atoms with van der Waals surface area (Å²) in [5.41, 5.74) is 23.3. The number of aryl methyl sites for hydroxylation is 4. The number of furan rings is 1. The summed E-state index contributed by atoms with van der Waals surface area (Å²) in [6, 6.07) is 51.1. The van der Waals surface area contributed by atoms with Gasteiger partial charge in [-0.1, -0.05) is 115 Å². The maximum Gasteiger partial charge on any atom is 0.144 e. The van der Waals surface area contributed by atoms with Crippen molar-refractivity contribution in [2.45, 2.75) is 43.9 Å². The normalized spacial score (nSPS) is 15.7. The minimum atomic E-state index is -0.469. The largest absolute Gasteiger partial charge is 0.455 e. The van der Waals surface area contributed by atoms with Crippen LogP contribution in [0.25, 0.3) is 66.4 Å². The predicted octanol–water partition coefficient (Wildman–Crippen LogP) is 12.2. The Bertz CT molecular complexity index is 2730. The average molecular weight is 639 g/mol. The van der Waals surface area contributed by atoms with Gasteiger partial charge >= 0.3 is 0 Å². The molecule has 1 aromatic heterocycles. The third-order valence-electron chi connectivity index (χ3n) is 12.5. The van der Waals surface area contributed by atoms with Gasteiger partial charge in [-0.05, 0) is 140 Å². The van der Waals surface area contributed by atoms with Gasteiger partial charge in [-0.25, -0.2) is 0 Å². The fourth-order valence-electron chi connectivity index (χ4n) is 10.4.